The van der Waals surface area contributed by atoms with Gasteiger partial charge in [-0.1, -0.05) is 30.3 Å². The van der Waals surface area contributed by atoms with Crippen LogP contribution in [-0.2, 0) is 6.54 Å². The molecule has 4 heteroatoms. The summed E-state index contributed by atoms with van der Waals surface area (Å²) in [6.45, 7) is 2.77. The lowest BCUT2D eigenvalue weighted by Gasteiger charge is -2.26. The molecule has 2 aromatic rings. The molecule has 22 heavy (non-hydrogen) atoms. The quantitative estimate of drug-likeness (QED) is 0.837. The van der Waals surface area contributed by atoms with Gasteiger partial charge in [0.25, 0.3) is 0 Å². The molecular formula is C18H19FN2S. The molecule has 0 unspecified atom stereocenters. The molecule has 1 saturated carbocycles. The van der Waals surface area contributed by atoms with Crippen molar-refractivity contribution in [1.29, 1.82) is 0 Å². The molecule has 0 bridgehead atoms. The van der Waals surface area contributed by atoms with Crippen molar-refractivity contribution in [2.45, 2.75) is 32.4 Å². The molecule has 0 heterocycles. The molecule has 0 amide bonds. The molecule has 0 spiro atoms. The predicted molar refractivity (Wildman–Crippen MR) is 92.4 cm³/mol. The molecule has 1 N–H and O–H groups in total. The van der Waals surface area contributed by atoms with Gasteiger partial charge in [0.15, 0.2) is 5.11 Å². The monoisotopic (exact) mass is 314 g/mol. The number of para-hydroxylation sites is 1. The van der Waals surface area contributed by atoms with Crippen molar-refractivity contribution in [2.24, 2.45) is 0 Å². The Labute approximate surface area is 136 Å². The van der Waals surface area contributed by atoms with Crippen molar-refractivity contribution < 1.29 is 4.39 Å². The summed E-state index contributed by atoms with van der Waals surface area (Å²) < 4.78 is 13.0. The Bertz CT molecular complexity index is 665. The van der Waals surface area contributed by atoms with Crippen molar-refractivity contribution in [2.75, 3.05) is 5.32 Å². The van der Waals surface area contributed by atoms with Crippen LogP contribution in [0.2, 0.25) is 0 Å². The number of benzene rings is 2. The maximum Gasteiger partial charge on any atom is 0.173 e. The second kappa shape index (κ2) is 6.44. The average molecular weight is 314 g/mol. The second-order valence-electron chi connectivity index (χ2n) is 5.73. The van der Waals surface area contributed by atoms with Crippen molar-refractivity contribution in [3.05, 3.63) is 65.5 Å². The van der Waals surface area contributed by atoms with E-state index in [0.717, 1.165) is 29.2 Å². The summed E-state index contributed by atoms with van der Waals surface area (Å²) in [6.07, 6.45) is 2.33. The summed E-state index contributed by atoms with van der Waals surface area (Å²) in [5, 5.41) is 4.08. The van der Waals surface area contributed by atoms with Gasteiger partial charge in [0.05, 0.1) is 0 Å². The van der Waals surface area contributed by atoms with Gasteiger partial charge < -0.3 is 10.2 Å². The van der Waals surface area contributed by atoms with Crippen molar-refractivity contribution in [3.63, 3.8) is 0 Å². The molecule has 0 saturated heterocycles. The summed E-state index contributed by atoms with van der Waals surface area (Å²) in [6, 6.07) is 15.2. The molecular weight excluding hydrogens is 295 g/mol. The van der Waals surface area contributed by atoms with E-state index in [2.05, 4.69) is 23.2 Å². The van der Waals surface area contributed by atoms with Gasteiger partial charge in [-0.15, -0.1) is 0 Å². The van der Waals surface area contributed by atoms with Gasteiger partial charge in [0.1, 0.15) is 5.82 Å². The number of nitrogens with one attached hydrogen (secondary N) is 1. The van der Waals surface area contributed by atoms with Gasteiger partial charge in [0.2, 0.25) is 0 Å². The Hall–Kier alpha value is -1.94. The molecule has 1 fully saturated rings. The lowest BCUT2D eigenvalue weighted by molar-refractivity contribution is 0.409. The molecule has 3 rings (SSSR count). The number of nitrogens with zero attached hydrogens (tertiary/aromatic N) is 1. The summed E-state index contributed by atoms with van der Waals surface area (Å²) >= 11 is 5.60. The number of aryl methyl sites for hydroxylation is 1. The van der Waals surface area contributed by atoms with Crippen molar-refractivity contribution in [1.82, 2.24) is 4.90 Å². The Morgan fingerprint density at radius 2 is 1.86 bits per heavy atom. The Morgan fingerprint density at radius 3 is 2.50 bits per heavy atom. The molecule has 0 radical (unpaired) electrons. The normalized spacial score (nSPS) is 13.7. The number of rotatable bonds is 4. The van der Waals surface area contributed by atoms with Crippen LogP contribution in [0, 0.1) is 12.7 Å². The number of anilines is 1. The summed E-state index contributed by atoms with van der Waals surface area (Å²) in [5.41, 5.74) is 3.28. The minimum Gasteiger partial charge on any atom is -0.342 e. The molecule has 0 aromatic heterocycles. The third-order valence-corrected chi connectivity index (χ3v) is 4.24. The van der Waals surface area contributed by atoms with Crippen LogP contribution in [0.15, 0.2) is 48.5 Å². The van der Waals surface area contributed by atoms with Crippen LogP contribution in [0.4, 0.5) is 10.1 Å². The minimum absolute atomic E-state index is 0.206. The van der Waals surface area contributed by atoms with E-state index >= 15 is 0 Å². The zero-order chi connectivity index (χ0) is 15.5. The van der Waals surface area contributed by atoms with E-state index in [1.165, 1.54) is 17.7 Å². The highest BCUT2D eigenvalue weighted by atomic mass is 32.1. The fourth-order valence-electron chi connectivity index (χ4n) is 2.44. The number of hydrogen-bond acceptors (Lipinski definition) is 1. The standard InChI is InChI=1S/C18H19FN2S/c1-13-4-2-3-5-17(13)20-18(22)21(16-10-11-16)12-14-6-8-15(19)9-7-14/h2-9,16H,10-12H2,1H3,(H,20,22). The van der Waals surface area contributed by atoms with Gasteiger partial charge >= 0.3 is 0 Å². The number of halogens is 1. The van der Waals surface area contributed by atoms with E-state index in [1.54, 1.807) is 0 Å². The number of hydrogen-bond donors (Lipinski definition) is 1. The van der Waals surface area contributed by atoms with E-state index in [-0.39, 0.29) is 5.82 Å². The van der Waals surface area contributed by atoms with Gasteiger partial charge in [0, 0.05) is 18.3 Å². The van der Waals surface area contributed by atoms with E-state index in [1.807, 2.05) is 30.3 Å². The Balaban J connectivity index is 1.72. The zero-order valence-corrected chi connectivity index (χ0v) is 13.4. The first-order valence-corrected chi connectivity index (χ1v) is 7.92. The van der Waals surface area contributed by atoms with Crippen LogP contribution in [-0.4, -0.2) is 16.1 Å². The van der Waals surface area contributed by atoms with Crippen LogP contribution < -0.4 is 5.32 Å². The first-order chi connectivity index (χ1) is 10.6. The highest BCUT2D eigenvalue weighted by Gasteiger charge is 2.30. The van der Waals surface area contributed by atoms with Gasteiger partial charge in [-0.3, -0.25) is 0 Å². The van der Waals surface area contributed by atoms with E-state index in [4.69, 9.17) is 12.2 Å². The largest absolute Gasteiger partial charge is 0.342 e. The fourth-order valence-corrected chi connectivity index (χ4v) is 2.76. The molecule has 0 atom stereocenters. The third kappa shape index (κ3) is 3.63. The van der Waals surface area contributed by atoms with Crippen LogP contribution >= 0.6 is 12.2 Å². The van der Waals surface area contributed by atoms with Crippen LogP contribution in [0.3, 0.4) is 0 Å². The highest BCUT2D eigenvalue weighted by molar-refractivity contribution is 7.80. The molecule has 1 aliphatic rings. The lowest BCUT2D eigenvalue weighted by Crippen LogP contribution is -2.36. The summed E-state index contributed by atoms with van der Waals surface area (Å²) in [4.78, 5) is 2.20. The topological polar surface area (TPSA) is 15.3 Å². The number of thiocarbonyl (C=S) groups is 1. The van der Waals surface area contributed by atoms with Gasteiger partial charge in [-0.05, 0) is 61.3 Å². The van der Waals surface area contributed by atoms with Crippen LogP contribution in [0.1, 0.15) is 24.0 Å². The molecule has 2 nitrogen and oxygen atoms in total. The minimum atomic E-state index is -0.206. The average Bonchev–Trinajstić information content (AvgIpc) is 3.33. The summed E-state index contributed by atoms with van der Waals surface area (Å²) in [5.74, 6) is -0.206. The van der Waals surface area contributed by atoms with Crippen molar-refractivity contribution in [3.8, 4) is 0 Å². The molecule has 2 aromatic carbocycles. The Kier molecular flexibility index (Phi) is 4.39. The maximum atomic E-state index is 13.0. The highest BCUT2D eigenvalue weighted by Crippen LogP contribution is 2.29. The SMILES string of the molecule is Cc1ccccc1NC(=S)N(Cc1ccc(F)cc1)C1CC1. The lowest BCUT2D eigenvalue weighted by atomic mass is 10.2. The first kappa shape index (κ1) is 15.0. The summed E-state index contributed by atoms with van der Waals surface area (Å²) in [7, 11) is 0. The van der Waals surface area contributed by atoms with E-state index < -0.39 is 0 Å². The van der Waals surface area contributed by atoms with Gasteiger partial charge in [-0.2, -0.15) is 0 Å². The first-order valence-electron chi connectivity index (χ1n) is 7.51. The van der Waals surface area contributed by atoms with E-state index in [9.17, 15) is 4.39 Å². The molecule has 0 aliphatic heterocycles. The predicted octanol–water partition coefficient (Wildman–Crippen LogP) is 4.50. The van der Waals surface area contributed by atoms with E-state index in [0.29, 0.717) is 12.6 Å². The van der Waals surface area contributed by atoms with Crippen molar-refractivity contribution >= 4 is 23.0 Å². The maximum absolute atomic E-state index is 13.0. The van der Waals surface area contributed by atoms with Crippen LogP contribution in [0.25, 0.3) is 0 Å². The van der Waals surface area contributed by atoms with Gasteiger partial charge in [-0.25, -0.2) is 4.39 Å². The Morgan fingerprint density at radius 1 is 1.18 bits per heavy atom. The molecule has 114 valence electrons. The molecule has 1 aliphatic carbocycles. The second-order valence-corrected chi connectivity index (χ2v) is 6.12. The zero-order valence-electron chi connectivity index (χ0n) is 12.6. The van der Waals surface area contributed by atoms with Crippen LogP contribution in [0.5, 0.6) is 0 Å². The third-order valence-electron chi connectivity index (χ3n) is 3.90. The smallest absolute Gasteiger partial charge is 0.173 e. The fraction of sp³-hybridized carbons (Fsp3) is 0.278.